The average Bonchev–Trinajstić information content (AvgIpc) is 3.21. The number of nitrogens with zero attached hydrogens (tertiary/aromatic N) is 2. The first kappa shape index (κ1) is 18.7. The van der Waals surface area contributed by atoms with Crippen LogP contribution in [0.1, 0.15) is 15.2 Å². The molecule has 6 heteroatoms. The van der Waals surface area contributed by atoms with Crippen LogP contribution >= 0.6 is 11.3 Å². The number of thiophene rings is 1. The Kier molecular flexibility index (Phi) is 5.99. The topological polar surface area (TPSA) is 54.5 Å². The van der Waals surface area contributed by atoms with E-state index >= 15 is 0 Å². The second-order valence-electron chi connectivity index (χ2n) is 6.66. The minimum Gasteiger partial charge on any atom is -0.378 e. The van der Waals surface area contributed by atoms with Crippen LogP contribution in [0.4, 0.5) is 5.00 Å². The van der Waals surface area contributed by atoms with Crippen LogP contribution in [0.5, 0.6) is 0 Å². The number of rotatable bonds is 6. The number of carbonyl (C=O) groups excluding carboxylic acids is 1. The van der Waals surface area contributed by atoms with Crippen LogP contribution in [0.15, 0.2) is 60.9 Å². The smallest absolute Gasteiger partial charge is 0.261 e. The predicted molar refractivity (Wildman–Crippen MR) is 113 cm³/mol. The number of anilines is 1. The summed E-state index contributed by atoms with van der Waals surface area (Å²) in [7, 11) is 0. The molecule has 1 aliphatic rings. The molecule has 1 amide bonds. The molecule has 0 unspecified atom stereocenters. The Morgan fingerprint density at radius 1 is 1.14 bits per heavy atom. The predicted octanol–water partition coefficient (Wildman–Crippen LogP) is 3.62. The summed E-state index contributed by atoms with van der Waals surface area (Å²) in [6.07, 6.45) is 4.36. The Labute approximate surface area is 169 Å². The minimum absolute atomic E-state index is 0.0226. The number of hydrogen-bond acceptors (Lipinski definition) is 5. The summed E-state index contributed by atoms with van der Waals surface area (Å²) in [5.74, 6) is -0.0226. The fourth-order valence-electron chi connectivity index (χ4n) is 3.27. The maximum Gasteiger partial charge on any atom is 0.261 e. The van der Waals surface area contributed by atoms with Crippen molar-refractivity contribution in [3.05, 3.63) is 71.4 Å². The van der Waals surface area contributed by atoms with E-state index in [4.69, 9.17) is 4.74 Å². The zero-order chi connectivity index (χ0) is 19.2. The number of nitrogens with one attached hydrogen (secondary N) is 1. The summed E-state index contributed by atoms with van der Waals surface area (Å²) in [6, 6.07) is 16.2. The Morgan fingerprint density at radius 2 is 1.96 bits per heavy atom. The minimum atomic E-state index is -0.0226. The SMILES string of the molecule is O=C(NCCc1cccnc1)c1cc(-c2ccccc2)c(N2CCOCC2)s1. The second-order valence-corrected chi connectivity index (χ2v) is 7.69. The largest absolute Gasteiger partial charge is 0.378 e. The highest BCUT2D eigenvalue weighted by Crippen LogP contribution is 2.39. The molecular weight excluding hydrogens is 370 g/mol. The van der Waals surface area contributed by atoms with Gasteiger partial charge < -0.3 is 15.0 Å². The third-order valence-corrected chi connectivity index (χ3v) is 5.94. The molecule has 1 N–H and O–H groups in total. The van der Waals surface area contributed by atoms with Gasteiger partial charge in [-0.1, -0.05) is 36.4 Å². The van der Waals surface area contributed by atoms with Crippen molar-refractivity contribution in [1.82, 2.24) is 10.3 Å². The number of ether oxygens (including phenoxy) is 1. The van der Waals surface area contributed by atoms with Gasteiger partial charge in [0.05, 0.1) is 23.1 Å². The Morgan fingerprint density at radius 3 is 2.71 bits per heavy atom. The molecule has 4 rings (SSSR count). The molecule has 0 saturated carbocycles. The molecule has 1 saturated heterocycles. The first-order valence-corrected chi connectivity index (χ1v) is 10.3. The molecule has 144 valence electrons. The number of hydrogen-bond donors (Lipinski definition) is 1. The van der Waals surface area contributed by atoms with Crippen molar-refractivity contribution in [1.29, 1.82) is 0 Å². The first-order valence-electron chi connectivity index (χ1n) is 9.50. The van der Waals surface area contributed by atoms with E-state index in [2.05, 4.69) is 27.3 Å². The van der Waals surface area contributed by atoms with Crippen molar-refractivity contribution in [3.63, 3.8) is 0 Å². The molecule has 0 aliphatic carbocycles. The number of morpholine rings is 1. The summed E-state index contributed by atoms with van der Waals surface area (Å²) in [6.45, 7) is 3.73. The zero-order valence-corrected chi connectivity index (χ0v) is 16.5. The van der Waals surface area contributed by atoms with Gasteiger partial charge in [-0.2, -0.15) is 0 Å². The number of aromatic nitrogens is 1. The summed E-state index contributed by atoms with van der Waals surface area (Å²) in [5.41, 5.74) is 3.37. The highest BCUT2D eigenvalue weighted by atomic mass is 32.1. The van der Waals surface area contributed by atoms with Crippen molar-refractivity contribution in [2.45, 2.75) is 6.42 Å². The molecule has 0 radical (unpaired) electrons. The van der Waals surface area contributed by atoms with E-state index in [0.29, 0.717) is 6.54 Å². The monoisotopic (exact) mass is 393 g/mol. The Balaban J connectivity index is 1.51. The van der Waals surface area contributed by atoms with Gasteiger partial charge in [-0.05, 0) is 29.7 Å². The van der Waals surface area contributed by atoms with Gasteiger partial charge >= 0.3 is 0 Å². The fourth-order valence-corrected chi connectivity index (χ4v) is 4.42. The van der Waals surface area contributed by atoms with Gasteiger partial charge in [0.2, 0.25) is 0 Å². The molecule has 0 bridgehead atoms. The highest BCUT2D eigenvalue weighted by Gasteiger charge is 2.21. The third-order valence-electron chi connectivity index (χ3n) is 4.74. The standard InChI is InChI=1S/C22H23N3O2S/c26-21(24-10-8-17-5-4-9-23-16-17)20-15-19(18-6-2-1-3-7-18)22(28-20)25-11-13-27-14-12-25/h1-7,9,15-16H,8,10-14H2,(H,24,26). The molecule has 0 atom stereocenters. The van der Waals surface area contributed by atoms with Crippen molar-refractivity contribution in [2.24, 2.45) is 0 Å². The molecule has 3 heterocycles. The van der Waals surface area contributed by atoms with Gasteiger partial charge in [0.25, 0.3) is 5.91 Å². The summed E-state index contributed by atoms with van der Waals surface area (Å²) >= 11 is 1.56. The van der Waals surface area contributed by atoms with Gasteiger partial charge in [-0.25, -0.2) is 0 Å². The van der Waals surface area contributed by atoms with Gasteiger partial charge in [0.1, 0.15) is 0 Å². The van der Waals surface area contributed by atoms with Crippen molar-refractivity contribution >= 4 is 22.2 Å². The molecule has 2 aromatic heterocycles. The zero-order valence-electron chi connectivity index (χ0n) is 15.6. The van der Waals surface area contributed by atoms with E-state index in [-0.39, 0.29) is 5.91 Å². The van der Waals surface area contributed by atoms with Gasteiger partial charge in [-0.15, -0.1) is 11.3 Å². The van der Waals surface area contributed by atoms with Crippen molar-refractivity contribution < 1.29 is 9.53 Å². The molecule has 28 heavy (non-hydrogen) atoms. The van der Waals surface area contributed by atoms with E-state index in [9.17, 15) is 4.79 Å². The van der Waals surface area contributed by atoms with E-state index in [1.54, 1.807) is 17.5 Å². The second kappa shape index (κ2) is 8.99. The Bertz CT molecular complexity index is 906. The third kappa shape index (κ3) is 4.40. The van der Waals surface area contributed by atoms with E-state index in [1.165, 1.54) is 0 Å². The lowest BCUT2D eigenvalue weighted by atomic mass is 10.1. The summed E-state index contributed by atoms with van der Waals surface area (Å²) in [5, 5.41) is 4.19. The van der Waals surface area contributed by atoms with Crippen LogP contribution in [0, 0.1) is 0 Å². The van der Waals surface area contributed by atoms with Crippen LogP contribution < -0.4 is 10.2 Å². The quantitative estimate of drug-likeness (QED) is 0.695. The lowest BCUT2D eigenvalue weighted by Gasteiger charge is -2.28. The lowest BCUT2D eigenvalue weighted by Crippen LogP contribution is -2.35. The van der Waals surface area contributed by atoms with E-state index in [0.717, 1.165) is 59.3 Å². The van der Waals surface area contributed by atoms with Crippen molar-refractivity contribution in [3.8, 4) is 11.1 Å². The van der Waals surface area contributed by atoms with Gasteiger partial charge in [0.15, 0.2) is 0 Å². The number of carbonyl (C=O) groups is 1. The molecule has 1 fully saturated rings. The van der Waals surface area contributed by atoms with E-state index in [1.807, 2.05) is 42.6 Å². The molecule has 5 nitrogen and oxygen atoms in total. The maximum absolute atomic E-state index is 12.8. The summed E-state index contributed by atoms with van der Waals surface area (Å²) < 4.78 is 5.49. The highest BCUT2D eigenvalue weighted by molar-refractivity contribution is 7.18. The normalized spacial score (nSPS) is 14.1. The first-order chi connectivity index (χ1) is 13.8. The Hall–Kier alpha value is -2.70. The maximum atomic E-state index is 12.8. The average molecular weight is 394 g/mol. The van der Waals surface area contributed by atoms with E-state index < -0.39 is 0 Å². The number of benzene rings is 1. The number of amides is 1. The molecule has 0 spiro atoms. The molecular formula is C22H23N3O2S. The van der Waals surface area contributed by atoms with Crippen LogP contribution in [-0.4, -0.2) is 43.7 Å². The summed E-state index contributed by atoms with van der Waals surface area (Å²) in [4.78, 5) is 19.9. The molecule has 1 aromatic carbocycles. The van der Waals surface area contributed by atoms with Gasteiger partial charge in [0, 0.05) is 37.6 Å². The molecule has 3 aromatic rings. The molecule has 1 aliphatic heterocycles. The van der Waals surface area contributed by atoms with Crippen LogP contribution in [-0.2, 0) is 11.2 Å². The van der Waals surface area contributed by atoms with Gasteiger partial charge in [-0.3, -0.25) is 9.78 Å². The van der Waals surface area contributed by atoms with Crippen molar-refractivity contribution in [2.75, 3.05) is 37.7 Å². The number of pyridine rings is 1. The van der Waals surface area contributed by atoms with Crippen LogP contribution in [0.25, 0.3) is 11.1 Å². The fraction of sp³-hybridized carbons (Fsp3) is 0.273. The van der Waals surface area contributed by atoms with Crippen LogP contribution in [0.2, 0.25) is 0 Å². The lowest BCUT2D eigenvalue weighted by molar-refractivity contribution is 0.0958. The van der Waals surface area contributed by atoms with Crippen LogP contribution in [0.3, 0.4) is 0 Å².